The zero-order valence-electron chi connectivity index (χ0n) is 25.2. The molecule has 0 aliphatic heterocycles. The molecule has 48 heavy (non-hydrogen) atoms. The number of halogens is 3. The summed E-state index contributed by atoms with van der Waals surface area (Å²) in [6, 6.07) is 19.8. The van der Waals surface area contributed by atoms with Gasteiger partial charge in [0, 0.05) is 40.0 Å². The Labute approximate surface area is 288 Å². The molecular weight excluding hydrogens is 724 g/mol. The second kappa shape index (κ2) is 15.1. The Hall–Kier alpha value is -4.63. The van der Waals surface area contributed by atoms with Crippen LogP contribution in [-0.4, -0.2) is 33.4 Å². The summed E-state index contributed by atoms with van der Waals surface area (Å²) in [5.41, 5.74) is 2.91. The highest BCUT2D eigenvalue weighted by molar-refractivity contribution is 9.10. The number of nitrogens with one attached hydrogen (secondary N) is 1. The lowest BCUT2D eigenvalue weighted by Crippen LogP contribution is -2.15. The standard InChI is InChI=1S/C34H26BrF2N5O4S2/c1-2-30(46-32(48(43)44)14-22-8-3-4-11-38-22)34-42-29(18-47-34)24-15-25-28(16-27(24)37)39-19-40-33(25)41-23-9-10-31(26(35)13-23)45-17-20-6-5-7-21(36)12-20/h3-13,15-16,18-19,30H,2,14,17H2,1H3,(H,39,40,41). The molecule has 6 aromatic rings. The van der Waals surface area contributed by atoms with E-state index in [1.165, 1.54) is 35.9 Å². The van der Waals surface area contributed by atoms with Crippen molar-refractivity contribution in [2.75, 3.05) is 5.32 Å². The van der Waals surface area contributed by atoms with Gasteiger partial charge in [0.15, 0.2) is 5.05 Å². The average Bonchev–Trinajstić information content (AvgIpc) is 3.56. The van der Waals surface area contributed by atoms with Crippen LogP contribution in [0.4, 0.5) is 20.3 Å². The van der Waals surface area contributed by atoms with Crippen molar-refractivity contribution >= 4 is 65.0 Å². The Kier molecular flexibility index (Phi) is 10.4. The molecule has 14 heteroatoms. The fraction of sp³-hybridized carbons (Fsp3) is 0.147. The molecule has 9 nitrogen and oxygen atoms in total. The number of nitrogens with zero attached hydrogens (tertiary/aromatic N) is 4. The van der Waals surface area contributed by atoms with Crippen LogP contribution in [0, 0.1) is 11.6 Å². The third-order valence-corrected chi connectivity index (χ3v) is 9.33. The summed E-state index contributed by atoms with van der Waals surface area (Å²) in [6.45, 7) is 2.05. The lowest BCUT2D eigenvalue weighted by molar-refractivity contribution is 0.188. The van der Waals surface area contributed by atoms with Crippen LogP contribution >= 0.6 is 27.3 Å². The number of ether oxygens (including phenoxy) is 2. The number of anilines is 2. The minimum absolute atomic E-state index is 0.00198. The van der Waals surface area contributed by atoms with Gasteiger partial charge in [-0.1, -0.05) is 25.1 Å². The van der Waals surface area contributed by atoms with Gasteiger partial charge >= 0.3 is 0 Å². The SMILES string of the molecule is CCC(OC(Cc1ccccn1)=S(=O)=O)c1nc(-c2cc3c(Nc4ccc(OCc5cccc(F)c5)c(Br)c4)ncnc3cc2F)cs1. The van der Waals surface area contributed by atoms with Gasteiger partial charge < -0.3 is 14.8 Å². The zero-order valence-corrected chi connectivity index (χ0v) is 28.5. The summed E-state index contributed by atoms with van der Waals surface area (Å²) >= 11 is 4.78. The van der Waals surface area contributed by atoms with Crippen LogP contribution in [0.3, 0.4) is 0 Å². The number of thiazole rings is 1. The first-order chi connectivity index (χ1) is 23.3. The molecule has 0 aliphatic carbocycles. The molecule has 3 heterocycles. The first-order valence-electron chi connectivity index (χ1n) is 14.6. The fourth-order valence-corrected chi connectivity index (χ4v) is 6.69. The normalized spacial score (nSPS) is 11.8. The first kappa shape index (κ1) is 33.3. The number of fused-ring (bicyclic) bond motifs is 1. The van der Waals surface area contributed by atoms with E-state index in [1.54, 1.807) is 60.1 Å². The monoisotopic (exact) mass is 749 g/mol. The Morgan fingerprint density at radius 3 is 2.65 bits per heavy atom. The molecule has 0 aliphatic rings. The molecule has 0 radical (unpaired) electrons. The van der Waals surface area contributed by atoms with Crippen molar-refractivity contribution in [3.05, 3.63) is 123 Å². The van der Waals surface area contributed by atoms with Gasteiger partial charge in [0.05, 0.1) is 22.1 Å². The van der Waals surface area contributed by atoms with E-state index in [2.05, 4.69) is 41.2 Å². The van der Waals surface area contributed by atoms with Gasteiger partial charge in [-0.3, -0.25) is 4.98 Å². The smallest absolute Gasteiger partial charge is 0.241 e. The van der Waals surface area contributed by atoms with Gasteiger partial charge in [0.1, 0.15) is 47.2 Å². The predicted molar refractivity (Wildman–Crippen MR) is 185 cm³/mol. The van der Waals surface area contributed by atoms with Gasteiger partial charge in [-0.05, 0) is 76.4 Å². The van der Waals surface area contributed by atoms with Crippen LogP contribution in [0.15, 0.2) is 95.2 Å². The maximum absolute atomic E-state index is 15.4. The molecule has 3 aromatic carbocycles. The Morgan fingerprint density at radius 2 is 1.90 bits per heavy atom. The molecule has 0 amide bonds. The Balaban J connectivity index is 1.22. The van der Waals surface area contributed by atoms with Gasteiger partial charge in [0.2, 0.25) is 10.3 Å². The topological polar surface area (TPSA) is 116 Å². The van der Waals surface area contributed by atoms with Crippen LogP contribution in [0.2, 0.25) is 0 Å². The van der Waals surface area contributed by atoms with Crippen molar-refractivity contribution in [1.29, 1.82) is 0 Å². The number of aromatic nitrogens is 4. The van der Waals surface area contributed by atoms with Crippen LogP contribution in [-0.2, 0) is 28.1 Å². The minimum Gasteiger partial charge on any atom is -0.488 e. The summed E-state index contributed by atoms with van der Waals surface area (Å²) in [5, 5.41) is 5.88. The molecule has 0 saturated heterocycles. The molecule has 0 saturated carbocycles. The lowest BCUT2D eigenvalue weighted by atomic mass is 10.1. The number of rotatable bonds is 11. The molecule has 0 bridgehead atoms. The highest BCUT2D eigenvalue weighted by Crippen LogP contribution is 2.35. The molecule has 1 unspecified atom stereocenters. The number of hydrogen-bond donors (Lipinski definition) is 1. The van der Waals surface area contributed by atoms with Gasteiger partial charge in [-0.15, -0.1) is 11.3 Å². The summed E-state index contributed by atoms with van der Waals surface area (Å²) in [6.07, 6.45) is 2.70. The van der Waals surface area contributed by atoms with Gasteiger partial charge in [-0.2, -0.15) is 8.42 Å². The van der Waals surface area contributed by atoms with E-state index >= 15 is 4.39 Å². The van der Waals surface area contributed by atoms with Crippen LogP contribution in [0.5, 0.6) is 5.75 Å². The number of pyridine rings is 1. The number of hydrogen-bond acceptors (Lipinski definition) is 10. The van der Waals surface area contributed by atoms with Crippen molar-refractivity contribution in [1.82, 2.24) is 19.9 Å². The zero-order chi connectivity index (χ0) is 33.6. The summed E-state index contributed by atoms with van der Waals surface area (Å²) < 4.78 is 65.4. The lowest BCUT2D eigenvalue weighted by Gasteiger charge is -2.14. The van der Waals surface area contributed by atoms with E-state index in [4.69, 9.17) is 9.47 Å². The molecule has 3 aromatic heterocycles. The molecule has 0 spiro atoms. The summed E-state index contributed by atoms with van der Waals surface area (Å²) in [5.74, 6) is 0.156. The molecular formula is C34H26BrF2N5O4S2. The quantitative estimate of drug-likeness (QED) is 0.131. The predicted octanol–water partition coefficient (Wildman–Crippen LogP) is 8.23. The van der Waals surface area contributed by atoms with E-state index in [9.17, 15) is 12.8 Å². The maximum atomic E-state index is 15.4. The van der Waals surface area contributed by atoms with E-state index in [-0.39, 0.29) is 29.5 Å². The summed E-state index contributed by atoms with van der Waals surface area (Å²) in [4.78, 5) is 17.5. The molecule has 1 atom stereocenters. The van der Waals surface area contributed by atoms with Crippen LogP contribution < -0.4 is 10.1 Å². The highest BCUT2D eigenvalue weighted by atomic mass is 79.9. The molecule has 6 rings (SSSR count). The van der Waals surface area contributed by atoms with Crippen molar-refractivity contribution < 1.29 is 26.7 Å². The van der Waals surface area contributed by atoms with Gasteiger partial charge in [0.25, 0.3) is 0 Å². The Morgan fingerprint density at radius 1 is 1.02 bits per heavy atom. The number of benzene rings is 3. The van der Waals surface area contributed by atoms with Crippen molar-refractivity contribution in [2.24, 2.45) is 0 Å². The third kappa shape index (κ3) is 7.90. The van der Waals surface area contributed by atoms with E-state index in [0.717, 1.165) is 0 Å². The molecule has 0 fully saturated rings. The molecule has 244 valence electrons. The third-order valence-electron chi connectivity index (χ3n) is 7.16. The van der Waals surface area contributed by atoms with Crippen molar-refractivity contribution in [3.8, 4) is 17.0 Å². The van der Waals surface area contributed by atoms with Crippen LogP contribution in [0.1, 0.15) is 35.7 Å². The molecule has 1 N–H and O–H groups in total. The second-order valence-corrected chi connectivity index (χ2v) is 13.1. The Bertz CT molecular complexity index is 2230. The largest absolute Gasteiger partial charge is 0.488 e. The summed E-state index contributed by atoms with van der Waals surface area (Å²) in [7, 11) is -2.60. The van der Waals surface area contributed by atoms with Crippen molar-refractivity contribution in [2.45, 2.75) is 32.5 Å². The maximum Gasteiger partial charge on any atom is 0.241 e. The second-order valence-electron chi connectivity index (χ2n) is 10.5. The average molecular weight is 751 g/mol. The van der Waals surface area contributed by atoms with Crippen LogP contribution in [0.25, 0.3) is 22.2 Å². The van der Waals surface area contributed by atoms with E-state index in [0.29, 0.717) is 61.0 Å². The van der Waals surface area contributed by atoms with Crippen molar-refractivity contribution in [3.63, 3.8) is 0 Å². The fourth-order valence-electron chi connectivity index (χ4n) is 4.81. The van der Waals surface area contributed by atoms with E-state index in [1.807, 2.05) is 13.0 Å². The minimum atomic E-state index is -2.60. The van der Waals surface area contributed by atoms with Gasteiger partial charge in [-0.25, -0.2) is 23.7 Å². The first-order valence-corrected chi connectivity index (χ1v) is 17.4. The highest BCUT2D eigenvalue weighted by Gasteiger charge is 2.21. The van der Waals surface area contributed by atoms with E-state index < -0.39 is 22.2 Å².